The van der Waals surface area contributed by atoms with Crippen LogP contribution < -0.4 is 5.32 Å². The second kappa shape index (κ2) is 6.96. The van der Waals surface area contributed by atoms with Gasteiger partial charge in [-0.05, 0) is 17.9 Å². The Labute approximate surface area is 113 Å². The molecule has 0 bridgehead atoms. The molecule has 1 heterocycles. The van der Waals surface area contributed by atoms with Gasteiger partial charge in [0.2, 0.25) is 0 Å². The van der Waals surface area contributed by atoms with Gasteiger partial charge >= 0.3 is 0 Å². The fourth-order valence-electron chi connectivity index (χ4n) is 2.84. The average Bonchev–Trinajstić information content (AvgIpc) is 2.37. The summed E-state index contributed by atoms with van der Waals surface area (Å²) >= 11 is 0. The van der Waals surface area contributed by atoms with E-state index in [1.54, 1.807) is 0 Å². The lowest BCUT2D eigenvalue weighted by atomic mass is 9.95. The number of likely N-dealkylation sites (tertiary alicyclic amines) is 1. The minimum absolute atomic E-state index is 0.182. The molecule has 1 N–H and O–H groups in total. The van der Waals surface area contributed by atoms with Crippen LogP contribution in [0.1, 0.15) is 18.9 Å². The molecule has 2 nitrogen and oxygen atoms in total. The summed E-state index contributed by atoms with van der Waals surface area (Å²) < 4.78 is 24.5. The molecule has 1 saturated heterocycles. The van der Waals surface area contributed by atoms with E-state index in [9.17, 15) is 8.78 Å². The minimum Gasteiger partial charge on any atom is -0.307 e. The summed E-state index contributed by atoms with van der Waals surface area (Å²) in [6, 6.07) is 10.5. The largest absolute Gasteiger partial charge is 0.307 e. The van der Waals surface area contributed by atoms with Crippen LogP contribution in [0, 0.1) is 5.92 Å². The van der Waals surface area contributed by atoms with Crippen LogP contribution in [0.3, 0.4) is 0 Å². The highest BCUT2D eigenvalue weighted by molar-refractivity contribution is 5.14. The first kappa shape index (κ1) is 14.4. The fourth-order valence-corrected chi connectivity index (χ4v) is 2.84. The molecule has 106 valence electrons. The topological polar surface area (TPSA) is 15.3 Å². The number of nitrogens with one attached hydrogen (secondary N) is 1. The van der Waals surface area contributed by atoms with Gasteiger partial charge in [-0.3, -0.25) is 4.90 Å². The van der Waals surface area contributed by atoms with Crippen molar-refractivity contribution in [2.24, 2.45) is 5.92 Å². The quantitative estimate of drug-likeness (QED) is 0.883. The summed E-state index contributed by atoms with van der Waals surface area (Å²) in [5.74, 6) is 0.549. The van der Waals surface area contributed by atoms with Gasteiger partial charge in [-0.1, -0.05) is 37.3 Å². The van der Waals surface area contributed by atoms with Crippen LogP contribution in [0.2, 0.25) is 0 Å². The lowest BCUT2D eigenvalue weighted by Crippen LogP contribution is -2.49. The van der Waals surface area contributed by atoms with Crippen LogP contribution in [0.15, 0.2) is 30.3 Å². The molecule has 0 amide bonds. The smallest absolute Gasteiger partial charge is 0.250 e. The van der Waals surface area contributed by atoms with Crippen LogP contribution in [-0.4, -0.2) is 37.0 Å². The third kappa shape index (κ3) is 4.88. The zero-order valence-electron chi connectivity index (χ0n) is 11.4. The standard InChI is InChI=1S/C15H22F2N2/c1-12-7-14(18-8-15(16)17)11-19(9-12)10-13-5-3-2-4-6-13/h2-6,12,14-15,18H,7-11H2,1H3. The Hall–Kier alpha value is -1.00. The number of hydrogen-bond donors (Lipinski definition) is 1. The SMILES string of the molecule is CC1CC(NCC(F)F)CN(Cc2ccccc2)C1. The van der Waals surface area contributed by atoms with Crippen molar-refractivity contribution in [1.29, 1.82) is 0 Å². The van der Waals surface area contributed by atoms with Gasteiger partial charge in [0.1, 0.15) is 0 Å². The summed E-state index contributed by atoms with van der Waals surface area (Å²) in [6.45, 7) is 4.79. The van der Waals surface area contributed by atoms with Crippen molar-refractivity contribution in [3.8, 4) is 0 Å². The Morgan fingerprint density at radius 2 is 2.00 bits per heavy atom. The number of rotatable bonds is 5. The van der Waals surface area contributed by atoms with Crippen LogP contribution in [0.25, 0.3) is 0 Å². The van der Waals surface area contributed by atoms with E-state index < -0.39 is 6.43 Å². The second-order valence-corrected chi connectivity index (χ2v) is 5.52. The number of piperidine rings is 1. The van der Waals surface area contributed by atoms with E-state index in [-0.39, 0.29) is 12.6 Å². The zero-order valence-corrected chi connectivity index (χ0v) is 11.4. The number of benzene rings is 1. The molecule has 0 aliphatic carbocycles. The highest BCUT2D eigenvalue weighted by atomic mass is 19.3. The maximum Gasteiger partial charge on any atom is 0.250 e. The summed E-state index contributed by atoms with van der Waals surface area (Å²) in [5, 5.41) is 2.98. The molecular formula is C15H22F2N2. The first-order chi connectivity index (χ1) is 9.13. The first-order valence-corrected chi connectivity index (χ1v) is 6.91. The van der Waals surface area contributed by atoms with Gasteiger partial charge in [-0.25, -0.2) is 8.78 Å². The van der Waals surface area contributed by atoms with Crippen LogP contribution in [-0.2, 0) is 6.54 Å². The highest BCUT2D eigenvalue weighted by Crippen LogP contribution is 2.18. The maximum absolute atomic E-state index is 12.3. The van der Waals surface area contributed by atoms with Crippen molar-refractivity contribution in [3.05, 3.63) is 35.9 Å². The first-order valence-electron chi connectivity index (χ1n) is 6.91. The van der Waals surface area contributed by atoms with Gasteiger partial charge in [0, 0.05) is 25.7 Å². The number of hydrogen-bond acceptors (Lipinski definition) is 2. The molecule has 0 aromatic heterocycles. The predicted octanol–water partition coefficient (Wildman–Crippen LogP) is 2.75. The third-order valence-corrected chi connectivity index (χ3v) is 3.55. The Kier molecular flexibility index (Phi) is 5.28. The predicted molar refractivity (Wildman–Crippen MR) is 73.3 cm³/mol. The normalized spacial score (nSPS) is 24.8. The molecule has 1 fully saturated rings. The Morgan fingerprint density at radius 3 is 2.68 bits per heavy atom. The van der Waals surface area contributed by atoms with E-state index in [1.165, 1.54) is 5.56 Å². The van der Waals surface area contributed by atoms with Crippen molar-refractivity contribution in [3.63, 3.8) is 0 Å². The average molecular weight is 268 g/mol. The lowest BCUT2D eigenvalue weighted by Gasteiger charge is -2.37. The van der Waals surface area contributed by atoms with E-state index in [0.29, 0.717) is 5.92 Å². The van der Waals surface area contributed by atoms with Crippen LogP contribution >= 0.6 is 0 Å². The van der Waals surface area contributed by atoms with Crippen molar-refractivity contribution in [1.82, 2.24) is 10.2 Å². The maximum atomic E-state index is 12.3. The van der Waals surface area contributed by atoms with Gasteiger partial charge in [0.05, 0.1) is 6.54 Å². The molecule has 0 radical (unpaired) electrons. The molecular weight excluding hydrogens is 246 g/mol. The Balaban J connectivity index is 1.87. The van der Waals surface area contributed by atoms with E-state index in [0.717, 1.165) is 26.1 Å². The third-order valence-electron chi connectivity index (χ3n) is 3.55. The van der Waals surface area contributed by atoms with Gasteiger partial charge in [0.25, 0.3) is 6.43 Å². The van der Waals surface area contributed by atoms with Crippen molar-refractivity contribution in [2.45, 2.75) is 32.4 Å². The summed E-state index contributed by atoms with van der Waals surface area (Å²) in [4.78, 5) is 2.35. The van der Waals surface area contributed by atoms with Gasteiger partial charge < -0.3 is 5.32 Å². The molecule has 1 aromatic rings. The van der Waals surface area contributed by atoms with Gasteiger partial charge in [-0.2, -0.15) is 0 Å². The summed E-state index contributed by atoms with van der Waals surface area (Å²) in [5.41, 5.74) is 1.28. The van der Waals surface area contributed by atoms with Gasteiger partial charge in [-0.15, -0.1) is 0 Å². The van der Waals surface area contributed by atoms with Gasteiger partial charge in [0.15, 0.2) is 0 Å². The molecule has 2 rings (SSSR count). The van der Waals surface area contributed by atoms with E-state index in [1.807, 2.05) is 18.2 Å². The molecule has 19 heavy (non-hydrogen) atoms. The summed E-state index contributed by atoms with van der Waals surface area (Å²) in [7, 11) is 0. The molecule has 2 atom stereocenters. The van der Waals surface area contributed by atoms with Crippen molar-refractivity contribution >= 4 is 0 Å². The molecule has 1 aromatic carbocycles. The Morgan fingerprint density at radius 1 is 1.26 bits per heavy atom. The van der Waals surface area contributed by atoms with Crippen molar-refractivity contribution < 1.29 is 8.78 Å². The van der Waals surface area contributed by atoms with E-state index in [4.69, 9.17) is 0 Å². The number of nitrogens with zero attached hydrogens (tertiary/aromatic N) is 1. The molecule has 0 saturated carbocycles. The van der Waals surface area contributed by atoms with Crippen LogP contribution in [0.4, 0.5) is 8.78 Å². The number of halogens is 2. The van der Waals surface area contributed by atoms with Crippen LogP contribution in [0.5, 0.6) is 0 Å². The Bertz CT molecular complexity index is 370. The van der Waals surface area contributed by atoms with E-state index >= 15 is 0 Å². The number of alkyl halides is 2. The molecule has 2 unspecified atom stereocenters. The zero-order chi connectivity index (χ0) is 13.7. The molecule has 1 aliphatic heterocycles. The molecule has 1 aliphatic rings. The van der Waals surface area contributed by atoms with Crippen molar-refractivity contribution in [2.75, 3.05) is 19.6 Å². The molecule has 0 spiro atoms. The minimum atomic E-state index is -2.26. The monoisotopic (exact) mass is 268 g/mol. The fraction of sp³-hybridized carbons (Fsp3) is 0.600. The lowest BCUT2D eigenvalue weighted by molar-refractivity contribution is 0.109. The highest BCUT2D eigenvalue weighted by Gasteiger charge is 2.24. The molecule has 4 heteroatoms. The second-order valence-electron chi connectivity index (χ2n) is 5.52. The van der Waals surface area contributed by atoms with E-state index in [2.05, 4.69) is 29.3 Å². The summed E-state index contributed by atoms with van der Waals surface area (Å²) in [6.07, 6.45) is -1.28.